The molecule has 2 rings (SSSR count). The summed E-state index contributed by atoms with van der Waals surface area (Å²) in [4.78, 5) is 11.9. The highest BCUT2D eigenvalue weighted by Crippen LogP contribution is 2.22. The number of fused-ring (bicyclic) bond motifs is 1. The number of rotatable bonds is 6. The van der Waals surface area contributed by atoms with Gasteiger partial charge in [0.15, 0.2) is 0 Å². The summed E-state index contributed by atoms with van der Waals surface area (Å²) in [7, 11) is -3.15. The summed E-state index contributed by atoms with van der Waals surface area (Å²) in [5, 5.41) is 6.03. The summed E-state index contributed by atoms with van der Waals surface area (Å²) in [6.45, 7) is 1.68. The number of carbonyl (C=O) groups is 1. The fraction of sp³-hybridized carbons (Fsp3) is 0.462. The van der Waals surface area contributed by atoms with E-state index in [-0.39, 0.29) is 5.91 Å². The molecule has 1 aromatic carbocycles. The fourth-order valence-corrected chi connectivity index (χ4v) is 2.61. The van der Waals surface area contributed by atoms with Crippen LogP contribution in [0.4, 0.5) is 5.69 Å². The van der Waals surface area contributed by atoms with Gasteiger partial charge < -0.3 is 10.6 Å². The van der Waals surface area contributed by atoms with Crippen LogP contribution < -0.4 is 15.4 Å². The number of amides is 1. The van der Waals surface area contributed by atoms with E-state index in [1.807, 2.05) is 12.1 Å². The van der Waals surface area contributed by atoms with Gasteiger partial charge in [0, 0.05) is 30.9 Å². The normalized spacial score (nSPS) is 13.7. The van der Waals surface area contributed by atoms with E-state index in [4.69, 9.17) is 0 Å². The molecule has 0 aliphatic carbocycles. The average molecular weight is 297 g/mol. The summed E-state index contributed by atoms with van der Waals surface area (Å²) >= 11 is 0. The van der Waals surface area contributed by atoms with Gasteiger partial charge in [0.25, 0.3) is 5.91 Å². The maximum atomic E-state index is 11.9. The molecule has 0 saturated heterocycles. The first-order valence-corrected chi connectivity index (χ1v) is 8.44. The number of hydrogen-bond donors (Lipinski definition) is 3. The second-order valence-electron chi connectivity index (χ2n) is 4.82. The molecule has 1 heterocycles. The summed E-state index contributed by atoms with van der Waals surface area (Å²) in [6, 6.07) is 5.61. The summed E-state index contributed by atoms with van der Waals surface area (Å²) in [6.07, 6.45) is 2.62. The summed E-state index contributed by atoms with van der Waals surface area (Å²) in [5.41, 5.74) is 2.90. The molecule has 0 aromatic heterocycles. The number of carbonyl (C=O) groups excluding carboxylic acids is 1. The Morgan fingerprint density at radius 3 is 2.90 bits per heavy atom. The zero-order valence-corrected chi connectivity index (χ0v) is 12.2. The van der Waals surface area contributed by atoms with Crippen molar-refractivity contribution < 1.29 is 13.2 Å². The molecule has 0 radical (unpaired) electrons. The van der Waals surface area contributed by atoms with Gasteiger partial charge in [0.2, 0.25) is 10.0 Å². The lowest BCUT2D eigenvalue weighted by molar-refractivity contribution is 0.0953. The first-order valence-electron chi connectivity index (χ1n) is 6.55. The Bertz CT molecular complexity index is 599. The number of sulfonamides is 1. The molecule has 3 N–H and O–H groups in total. The van der Waals surface area contributed by atoms with Gasteiger partial charge in [-0.25, -0.2) is 13.1 Å². The third-order valence-electron chi connectivity index (χ3n) is 3.08. The standard InChI is InChI=1S/C13H19N3O3S/c1-20(18,19)16-7-2-6-15-13(17)11-3-4-12-10(9-11)5-8-14-12/h3-4,9,14,16H,2,5-8H2,1H3,(H,15,17). The monoisotopic (exact) mass is 297 g/mol. The van der Waals surface area contributed by atoms with Crippen LogP contribution in [0.2, 0.25) is 0 Å². The summed E-state index contributed by atoms with van der Waals surface area (Å²) < 4.78 is 24.1. The van der Waals surface area contributed by atoms with Crippen molar-refractivity contribution >= 4 is 21.6 Å². The van der Waals surface area contributed by atoms with Crippen LogP contribution in [0.3, 0.4) is 0 Å². The van der Waals surface area contributed by atoms with Crippen LogP contribution in [0.5, 0.6) is 0 Å². The molecule has 6 nitrogen and oxygen atoms in total. The van der Waals surface area contributed by atoms with Gasteiger partial charge >= 0.3 is 0 Å². The van der Waals surface area contributed by atoms with Gasteiger partial charge in [-0.15, -0.1) is 0 Å². The molecule has 1 amide bonds. The first kappa shape index (κ1) is 14.8. The van der Waals surface area contributed by atoms with E-state index in [1.165, 1.54) is 0 Å². The zero-order valence-electron chi connectivity index (χ0n) is 11.4. The lowest BCUT2D eigenvalue weighted by atomic mass is 10.1. The van der Waals surface area contributed by atoms with Gasteiger partial charge in [-0.05, 0) is 36.6 Å². The van der Waals surface area contributed by atoms with Crippen molar-refractivity contribution in [2.75, 3.05) is 31.2 Å². The molecule has 110 valence electrons. The molecule has 0 unspecified atom stereocenters. The van der Waals surface area contributed by atoms with Crippen LogP contribution in [-0.4, -0.2) is 40.2 Å². The molecule has 0 spiro atoms. The molecule has 0 fully saturated rings. The van der Waals surface area contributed by atoms with Crippen LogP contribution in [0, 0.1) is 0 Å². The third-order valence-corrected chi connectivity index (χ3v) is 3.81. The Hall–Kier alpha value is -1.60. The molecule has 20 heavy (non-hydrogen) atoms. The SMILES string of the molecule is CS(=O)(=O)NCCCNC(=O)c1ccc2c(c1)CCN2. The molecular formula is C13H19N3O3S. The molecule has 1 aromatic rings. The average Bonchev–Trinajstić information content (AvgIpc) is 2.83. The number of anilines is 1. The van der Waals surface area contributed by atoms with E-state index in [1.54, 1.807) is 6.07 Å². The van der Waals surface area contributed by atoms with E-state index < -0.39 is 10.0 Å². The van der Waals surface area contributed by atoms with Crippen molar-refractivity contribution in [2.24, 2.45) is 0 Å². The number of benzene rings is 1. The lowest BCUT2D eigenvalue weighted by Crippen LogP contribution is -2.29. The zero-order chi connectivity index (χ0) is 14.6. The second-order valence-corrected chi connectivity index (χ2v) is 6.66. The molecular weight excluding hydrogens is 278 g/mol. The highest BCUT2D eigenvalue weighted by atomic mass is 32.2. The molecule has 1 aliphatic heterocycles. The minimum Gasteiger partial charge on any atom is -0.384 e. The highest BCUT2D eigenvalue weighted by molar-refractivity contribution is 7.88. The quantitative estimate of drug-likeness (QED) is 0.660. The van der Waals surface area contributed by atoms with Gasteiger partial charge in [-0.1, -0.05) is 0 Å². The minimum absolute atomic E-state index is 0.126. The topological polar surface area (TPSA) is 87.3 Å². The maximum Gasteiger partial charge on any atom is 0.251 e. The lowest BCUT2D eigenvalue weighted by Gasteiger charge is -2.07. The van der Waals surface area contributed by atoms with Crippen molar-refractivity contribution in [1.29, 1.82) is 0 Å². The molecule has 0 bridgehead atoms. The Balaban J connectivity index is 1.78. The van der Waals surface area contributed by atoms with Crippen molar-refractivity contribution in [3.8, 4) is 0 Å². The van der Waals surface area contributed by atoms with Gasteiger partial charge in [-0.2, -0.15) is 0 Å². The van der Waals surface area contributed by atoms with Crippen LogP contribution in [-0.2, 0) is 16.4 Å². The van der Waals surface area contributed by atoms with Crippen LogP contribution in [0.1, 0.15) is 22.3 Å². The molecule has 0 atom stereocenters. The van der Waals surface area contributed by atoms with E-state index in [9.17, 15) is 13.2 Å². The Kier molecular flexibility index (Phi) is 4.61. The maximum absolute atomic E-state index is 11.9. The largest absolute Gasteiger partial charge is 0.384 e. The minimum atomic E-state index is -3.15. The fourth-order valence-electron chi connectivity index (χ4n) is 2.10. The van der Waals surface area contributed by atoms with Crippen LogP contribution in [0.15, 0.2) is 18.2 Å². The van der Waals surface area contributed by atoms with Gasteiger partial charge in [0.1, 0.15) is 0 Å². The predicted octanol–water partition coefficient (Wildman–Crippen LogP) is 0.324. The Morgan fingerprint density at radius 1 is 1.35 bits per heavy atom. The van der Waals surface area contributed by atoms with Crippen molar-refractivity contribution in [3.05, 3.63) is 29.3 Å². The van der Waals surface area contributed by atoms with Crippen molar-refractivity contribution in [1.82, 2.24) is 10.0 Å². The highest BCUT2D eigenvalue weighted by Gasteiger charge is 2.13. The van der Waals surface area contributed by atoms with Gasteiger partial charge in [0.05, 0.1) is 6.26 Å². The number of hydrogen-bond acceptors (Lipinski definition) is 4. The first-order chi connectivity index (χ1) is 9.46. The van der Waals surface area contributed by atoms with E-state index in [0.717, 1.165) is 30.5 Å². The van der Waals surface area contributed by atoms with Gasteiger partial charge in [-0.3, -0.25) is 4.79 Å². The molecule has 0 saturated carbocycles. The van der Waals surface area contributed by atoms with Crippen LogP contribution in [0.25, 0.3) is 0 Å². The predicted molar refractivity (Wildman–Crippen MR) is 78.4 cm³/mol. The van der Waals surface area contributed by atoms with Crippen molar-refractivity contribution in [2.45, 2.75) is 12.8 Å². The molecule has 1 aliphatic rings. The molecule has 7 heteroatoms. The Labute approximate surface area is 119 Å². The smallest absolute Gasteiger partial charge is 0.251 e. The Morgan fingerprint density at radius 2 is 2.15 bits per heavy atom. The van der Waals surface area contributed by atoms with Crippen molar-refractivity contribution in [3.63, 3.8) is 0 Å². The van der Waals surface area contributed by atoms with E-state index in [0.29, 0.717) is 25.1 Å². The van der Waals surface area contributed by atoms with E-state index in [2.05, 4.69) is 15.4 Å². The van der Waals surface area contributed by atoms with E-state index >= 15 is 0 Å². The number of nitrogens with one attached hydrogen (secondary N) is 3. The third kappa shape index (κ3) is 4.21. The van der Waals surface area contributed by atoms with Crippen LogP contribution >= 0.6 is 0 Å². The second kappa shape index (κ2) is 6.23. The summed E-state index contributed by atoms with van der Waals surface area (Å²) in [5.74, 6) is -0.126.